The zero-order valence-electron chi connectivity index (χ0n) is 9.58. The fourth-order valence-corrected chi connectivity index (χ4v) is 2.68. The van der Waals surface area contributed by atoms with Crippen LogP contribution in [0, 0.1) is 5.41 Å². The predicted octanol–water partition coefficient (Wildman–Crippen LogP) is 2.10. The van der Waals surface area contributed by atoms with Gasteiger partial charge in [-0.2, -0.15) is 11.8 Å². The van der Waals surface area contributed by atoms with E-state index in [0.717, 1.165) is 24.7 Å². The molecule has 0 unspecified atom stereocenters. The zero-order valence-corrected chi connectivity index (χ0v) is 10.4. The average Bonchev–Trinajstić information content (AvgIpc) is 2.98. The van der Waals surface area contributed by atoms with Gasteiger partial charge in [0.15, 0.2) is 0 Å². The normalized spacial score (nSPS) is 17.5. The Bertz CT molecular complexity index is 202. The van der Waals surface area contributed by atoms with Gasteiger partial charge in [0.1, 0.15) is 0 Å². The molecule has 0 bridgehead atoms. The molecule has 1 saturated carbocycles. The molecule has 1 fully saturated rings. The van der Waals surface area contributed by atoms with Crippen molar-refractivity contribution in [1.82, 2.24) is 0 Å². The zero-order chi connectivity index (χ0) is 11.1. The maximum atomic E-state index is 11.1. The minimum absolute atomic E-state index is 0.0714. The molecule has 0 aliphatic heterocycles. The summed E-state index contributed by atoms with van der Waals surface area (Å²) in [7, 11) is 1.46. The Morgan fingerprint density at radius 1 is 1.47 bits per heavy atom. The molecule has 0 aromatic heterocycles. The molecule has 0 saturated heterocycles. The van der Waals surface area contributed by atoms with Crippen LogP contribution < -0.4 is 0 Å². The van der Waals surface area contributed by atoms with E-state index >= 15 is 0 Å². The molecular weight excluding hydrogens is 212 g/mol. The lowest BCUT2D eigenvalue weighted by molar-refractivity contribution is -0.141. The summed E-state index contributed by atoms with van der Waals surface area (Å²) < 4.78 is 9.96. The first-order valence-electron chi connectivity index (χ1n) is 5.45. The van der Waals surface area contributed by atoms with Crippen molar-refractivity contribution in [3.8, 4) is 0 Å². The van der Waals surface area contributed by atoms with Crippen molar-refractivity contribution in [3.63, 3.8) is 0 Å². The summed E-state index contributed by atoms with van der Waals surface area (Å²) in [5, 5.41) is 0. The molecule has 0 radical (unpaired) electrons. The standard InChI is InChI=1S/C11H20O3S/c1-3-14-6-7-15-9-11(4-5-11)8-10(12)13-2/h3-9H2,1-2H3. The van der Waals surface area contributed by atoms with Crippen LogP contribution >= 0.6 is 11.8 Å². The van der Waals surface area contributed by atoms with E-state index in [1.54, 1.807) is 0 Å². The smallest absolute Gasteiger partial charge is 0.306 e. The largest absolute Gasteiger partial charge is 0.469 e. The third-order valence-electron chi connectivity index (χ3n) is 2.69. The highest BCUT2D eigenvalue weighted by Gasteiger charge is 2.44. The van der Waals surface area contributed by atoms with Crippen molar-refractivity contribution >= 4 is 17.7 Å². The molecule has 0 aromatic carbocycles. The van der Waals surface area contributed by atoms with Crippen LogP contribution in [0.15, 0.2) is 0 Å². The molecule has 3 nitrogen and oxygen atoms in total. The Morgan fingerprint density at radius 3 is 2.73 bits per heavy atom. The number of carbonyl (C=O) groups excluding carboxylic acids is 1. The van der Waals surface area contributed by atoms with Crippen molar-refractivity contribution < 1.29 is 14.3 Å². The molecule has 0 heterocycles. The van der Waals surface area contributed by atoms with Gasteiger partial charge in [-0.25, -0.2) is 0 Å². The lowest BCUT2D eigenvalue weighted by atomic mass is 10.1. The minimum Gasteiger partial charge on any atom is -0.469 e. The van der Waals surface area contributed by atoms with Crippen LogP contribution in [0.25, 0.3) is 0 Å². The van der Waals surface area contributed by atoms with Gasteiger partial charge in [-0.05, 0) is 30.9 Å². The Balaban J connectivity index is 2.07. The number of hydrogen-bond acceptors (Lipinski definition) is 4. The maximum Gasteiger partial charge on any atom is 0.306 e. The molecule has 0 spiro atoms. The first kappa shape index (κ1) is 12.8. The number of esters is 1. The summed E-state index contributed by atoms with van der Waals surface area (Å²) in [4.78, 5) is 11.1. The van der Waals surface area contributed by atoms with E-state index in [0.29, 0.717) is 6.42 Å². The Hall–Kier alpha value is -0.220. The molecule has 88 valence electrons. The molecule has 0 amide bonds. The molecule has 1 aliphatic rings. The molecule has 4 heteroatoms. The summed E-state index contributed by atoms with van der Waals surface area (Å²) in [5.74, 6) is 2.02. The highest BCUT2D eigenvalue weighted by Crippen LogP contribution is 2.51. The van der Waals surface area contributed by atoms with Crippen LogP contribution in [0.2, 0.25) is 0 Å². The van der Waals surface area contributed by atoms with E-state index < -0.39 is 0 Å². The van der Waals surface area contributed by atoms with E-state index in [2.05, 4.69) is 0 Å². The second kappa shape index (κ2) is 6.38. The van der Waals surface area contributed by atoms with Crippen LogP contribution in [0.1, 0.15) is 26.2 Å². The molecule has 0 atom stereocenters. The van der Waals surface area contributed by atoms with Gasteiger partial charge in [0.2, 0.25) is 0 Å². The SMILES string of the molecule is CCOCCSCC1(CC(=O)OC)CC1. The fourth-order valence-electron chi connectivity index (χ4n) is 1.48. The number of carbonyl (C=O) groups is 1. The van der Waals surface area contributed by atoms with Crippen molar-refractivity contribution in [3.05, 3.63) is 0 Å². The monoisotopic (exact) mass is 232 g/mol. The first-order chi connectivity index (χ1) is 7.22. The number of ether oxygens (including phenoxy) is 2. The van der Waals surface area contributed by atoms with Crippen LogP contribution in [0.4, 0.5) is 0 Å². The van der Waals surface area contributed by atoms with E-state index in [1.165, 1.54) is 20.0 Å². The van der Waals surface area contributed by atoms with E-state index in [4.69, 9.17) is 9.47 Å². The summed E-state index contributed by atoms with van der Waals surface area (Å²) >= 11 is 1.88. The van der Waals surface area contributed by atoms with Gasteiger partial charge in [0.25, 0.3) is 0 Å². The summed E-state index contributed by atoms with van der Waals surface area (Å²) in [6.45, 7) is 3.60. The minimum atomic E-state index is -0.0714. The third-order valence-corrected chi connectivity index (χ3v) is 3.96. The topological polar surface area (TPSA) is 35.5 Å². The van der Waals surface area contributed by atoms with Crippen molar-refractivity contribution in [2.24, 2.45) is 5.41 Å². The molecule has 15 heavy (non-hydrogen) atoms. The van der Waals surface area contributed by atoms with Gasteiger partial charge in [0, 0.05) is 12.4 Å². The number of methoxy groups -OCH3 is 1. The van der Waals surface area contributed by atoms with E-state index in [9.17, 15) is 4.79 Å². The fraction of sp³-hybridized carbons (Fsp3) is 0.909. The van der Waals surface area contributed by atoms with E-state index in [-0.39, 0.29) is 11.4 Å². The first-order valence-corrected chi connectivity index (χ1v) is 6.60. The van der Waals surface area contributed by atoms with Crippen molar-refractivity contribution in [2.75, 3.05) is 31.8 Å². The van der Waals surface area contributed by atoms with Crippen LogP contribution in [0.3, 0.4) is 0 Å². The third kappa shape index (κ3) is 4.89. The van der Waals surface area contributed by atoms with Gasteiger partial charge in [-0.1, -0.05) is 0 Å². The van der Waals surface area contributed by atoms with Crippen molar-refractivity contribution in [2.45, 2.75) is 26.2 Å². The van der Waals surface area contributed by atoms with Crippen molar-refractivity contribution in [1.29, 1.82) is 0 Å². The van der Waals surface area contributed by atoms with Gasteiger partial charge in [-0.15, -0.1) is 0 Å². The van der Waals surface area contributed by atoms with Crippen LogP contribution in [0.5, 0.6) is 0 Å². The molecule has 0 aromatic rings. The van der Waals surface area contributed by atoms with Gasteiger partial charge < -0.3 is 9.47 Å². The van der Waals surface area contributed by atoms with Gasteiger partial charge in [0.05, 0.1) is 20.1 Å². The number of thioether (sulfide) groups is 1. The second-order valence-electron chi connectivity index (χ2n) is 4.00. The number of hydrogen-bond donors (Lipinski definition) is 0. The predicted molar refractivity (Wildman–Crippen MR) is 62.1 cm³/mol. The lowest BCUT2D eigenvalue weighted by Crippen LogP contribution is -2.13. The van der Waals surface area contributed by atoms with Crippen LogP contribution in [-0.2, 0) is 14.3 Å². The quantitative estimate of drug-likeness (QED) is 0.474. The average molecular weight is 232 g/mol. The molecular formula is C11H20O3S. The summed E-state index contributed by atoms with van der Waals surface area (Å²) in [5.41, 5.74) is 0.254. The Labute approximate surface area is 95.9 Å². The lowest BCUT2D eigenvalue weighted by Gasteiger charge is -2.12. The summed E-state index contributed by atoms with van der Waals surface area (Å²) in [6, 6.07) is 0. The highest BCUT2D eigenvalue weighted by atomic mass is 32.2. The number of rotatable bonds is 8. The molecule has 0 N–H and O–H groups in total. The van der Waals surface area contributed by atoms with E-state index in [1.807, 2.05) is 18.7 Å². The van der Waals surface area contributed by atoms with Gasteiger partial charge >= 0.3 is 5.97 Å². The molecule has 1 rings (SSSR count). The van der Waals surface area contributed by atoms with Crippen LogP contribution in [-0.4, -0.2) is 37.8 Å². The summed E-state index contributed by atoms with van der Waals surface area (Å²) in [6.07, 6.45) is 2.93. The second-order valence-corrected chi connectivity index (χ2v) is 5.11. The van der Waals surface area contributed by atoms with Gasteiger partial charge in [-0.3, -0.25) is 4.79 Å². The molecule has 1 aliphatic carbocycles. The Kier molecular flexibility index (Phi) is 5.47. The Morgan fingerprint density at radius 2 is 2.20 bits per heavy atom. The maximum absolute atomic E-state index is 11.1. The highest BCUT2D eigenvalue weighted by molar-refractivity contribution is 7.99.